The molecule has 0 N–H and O–H groups in total. The molecule has 9 aromatic rings. The van der Waals surface area contributed by atoms with E-state index in [0.717, 1.165) is 0 Å². The fourth-order valence-electron chi connectivity index (χ4n) is 10.00. The summed E-state index contributed by atoms with van der Waals surface area (Å²) in [5.41, 5.74) is 18.4. The zero-order chi connectivity index (χ0) is 36.7. The Balaban J connectivity index is 0.863. The number of rotatable bonds is 5. The van der Waals surface area contributed by atoms with Crippen LogP contribution in [0.5, 0.6) is 0 Å². The van der Waals surface area contributed by atoms with Crippen molar-refractivity contribution < 1.29 is 0 Å². The number of benzene rings is 9. The Bertz CT molecular complexity index is 3140. The van der Waals surface area contributed by atoms with E-state index in [1.165, 1.54) is 110 Å². The van der Waals surface area contributed by atoms with Gasteiger partial charge in [-0.1, -0.05) is 206 Å². The molecular formula is C56H36. The second-order valence-electron chi connectivity index (χ2n) is 15.5. The fraction of sp³-hybridized carbons (Fsp3) is 0.0357. The first-order chi connectivity index (χ1) is 27.8. The molecule has 2 atom stereocenters. The quantitative estimate of drug-likeness (QED) is 0.156. The average molecular weight is 709 g/mol. The van der Waals surface area contributed by atoms with Crippen molar-refractivity contribution in [2.24, 2.45) is 5.92 Å². The molecule has 3 aliphatic rings. The Morgan fingerprint density at radius 1 is 0.357 bits per heavy atom. The van der Waals surface area contributed by atoms with Crippen molar-refractivity contribution in [2.45, 2.75) is 5.92 Å². The van der Waals surface area contributed by atoms with Crippen LogP contribution >= 0.6 is 0 Å². The molecule has 0 heteroatoms. The maximum atomic E-state index is 2.44. The summed E-state index contributed by atoms with van der Waals surface area (Å²) in [6, 6.07) is 62.9. The van der Waals surface area contributed by atoms with Crippen LogP contribution in [0.25, 0.3) is 94.6 Å². The van der Waals surface area contributed by atoms with Gasteiger partial charge in [0.2, 0.25) is 0 Å². The van der Waals surface area contributed by atoms with Crippen molar-refractivity contribution >= 4 is 50.0 Å². The van der Waals surface area contributed by atoms with E-state index in [-0.39, 0.29) is 0 Å². The van der Waals surface area contributed by atoms with E-state index >= 15 is 0 Å². The zero-order valence-electron chi connectivity index (χ0n) is 30.8. The van der Waals surface area contributed by atoms with Crippen LogP contribution in [-0.4, -0.2) is 0 Å². The Hall–Kier alpha value is -7.02. The Kier molecular flexibility index (Phi) is 6.86. The Morgan fingerprint density at radius 3 is 1.50 bits per heavy atom. The molecule has 2 unspecified atom stereocenters. The van der Waals surface area contributed by atoms with Gasteiger partial charge in [-0.2, -0.15) is 0 Å². The molecule has 0 bridgehead atoms. The molecule has 12 rings (SSSR count). The van der Waals surface area contributed by atoms with E-state index in [4.69, 9.17) is 0 Å². The van der Waals surface area contributed by atoms with Crippen LogP contribution in [0.4, 0.5) is 0 Å². The monoisotopic (exact) mass is 708 g/mol. The summed E-state index contributed by atoms with van der Waals surface area (Å²) in [7, 11) is 0. The highest BCUT2D eigenvalue weighted by Crippen LogP contribution is 2.53. The van der Waals surface area contributed by atoms with Crippen molar-refractivity contribution in [3.63, 3.8) is 0 Å². The van der Waals surface area contributed by atoms with Gasteiger partial charge in [0.05, 0.1) is 0 Å². The molecule has 0 aliphatic heterocycles. The molecule has 0 radical (unpaired) electrons. The highest BCUT2D eigenvalue weighted by atomic mass is 14.4. The van der Waals surface area contributed by atoms with Crippen LogP contribution in [0.1, 0.15) is 28.2 Å². The molecule has 0 saturated heterocycles. The van der Waals surface area contributed by atoms with Crippen LogP contribution in [0.3, 0.4) is 0 Å². The summed E-state index contributed by atoms with van der Waals surface area (Å²) in [6.45, 7) is 0. The van der Waals surface area contributed by atoms with Crippen molar-refractivity contribution in [2.75, 3.05) is 0 Å². The van der Waals surface area contributed by atoms with E-state index in [1.54, 1.807) is 0 Å². The molecular weight excluding hydrogens is 673 g/mol. The summed E-state index contributed by atoms with van der Waals surface area (Å²) in [5, 5.41) is 7.89. The summed E-state index contributed by atoms with van der Waals surface area (Å²) >= 11 is 0. The lowest BCUT2D eigenvalue weighted by Crippen LogP contribution is -2.23. The first-order valence-electron chi connectivity index (χ1n) is 19.7. The van der Waals surface area contributed by atoms with Crippen molar-refractivity contribution in [1.82, 2.24) is 0 Å². The van der Waals surface area contributed by atoms with Crippen molar-refractivity contribution in [3.8, 4) is 44.5 Å². The van der Waals surface area contributed by atoms with Crippen LogP contribution in [0.15, 0.2) is 200 Å². The third kappa shape index (κ3) is 4.73. The second kappa shape index (κ2) is 12.2. The smallest absolute Gasteiger partial charge is 0.0205 e. The van der Waals surface area contributed by atoms with Gasteiger partial charge < -0.3 is 0 Å². The first kappa shape index (κ1) is 31.3. The van der Waals surface area contributed by atoms with Crippen LogP contribution in [0, 0.1) is 5.92 Å². The third-order valence-corrected chi connectivity index (χ3v) is 12.7. The molecule has 0 nitrogen and oxygen atoms in total. The molecule has 0 fully saturated rings. The van der Waals surface area contributed by atoms with Gasteiger partial charge in [-0.05, 0) is 110 Å². The fourth-order valence-corrected chi connectivity index (χ4v) is 10.00. The van der Waals surface area contributed by atoms with Gasteiger partial charge in [-0.25, -0.2) is 0 Å². The molecule has 3 aliphatic carbocycles. The Morgan fingerprint density at radius 2 is 0.875 bits per heavy atom. The lowest BCUT2D eigenvalue weighted by atomic mass is 9.64. The highest BCUT2D eigenvalue weighted by Gasteiger charge is 2.37. The van der Waals surface area contributed by atoms with Crippen molar-refractivity contribution in [1.29, 1.82) is 0 Å². The SMILES string of the molecule is C1=Cc2c(-c3ccccc3)ccc3c2C2C1=CC=C(c1ccc(-c4ccc(-c5ccc6ccc7c(-c8ccccc8)ccc8ccc5c6c87)cc4)cc1)C2C=C3. The molecule has 0 amide bonds. The molecule has 9 aromatic carbocycles. The maximum absolute atomic E-state index is 2.44. The minimum Gasteiger partial charge on any atom is -0.0754 e. The summed E-state index contributed by atoms with van der Waals surface area (Å²) in [4.78, 5) is 0. The number of hydrogen-bond donors (Lipinski definition) is 0. The summed E-state index contributed by atoms with van der Waals surface area (Å²) < 4.78 is 0. The number of hydrogen-bond acceptors (Lipinski definition) is 0. The summed E-state index contributed by atoms with van der Waals surface area (Å²) in [5.74, 6) is 0.633. The first-order valence-corrected chi connectivity index (χ1v) is 19.7. The van der Waals surface area contributed by atoms with Gasteiger partial charge in [0, 0.05) is 11.8 Å². The lowest BCUT2D eigenvalue weighted by molar-refractivity contribution is 0.681. The highest BCUT2D eigenvalue weighted by molar-refractivity contribution is 6.27. The molecule has 0 saturated carbocycles. The van der Waals surface area contributed by atoms with Gasteiger partial charge in [0.1, 0.15) is 0 Å². The minimum absolute atomic E-state index is 0.303. The normalized spacial score (nSPS) is 16.6. The van der Waals surface area contributed by atoms with Crippen molar-refractivity contribution in [3.05, 3.63) is 222 Å². The van der Waals surface area contributed by atoms with Crippen LogP contribution in [-0.2, 0) is 0 Å². The van der Waals surface area contributed by atoms with Crippen LogP contribution < -0.4 is 0 Å². The van der Waals surface area contributed by atoms with Crippen LogP contribution in [0.2, 0.25) is 0 Å². The average Bonchev–Trinajstić information content (AvgIpc) is 3.28. The molecule has 260 valence electrons. The molecule has 0 aromatic heterocycles. The molecule has 0 spiro atoms. The predicted molar refractivity (Wildman–Crippen MR) is 239 cm³/mol. The van der Waals surface area contributed by atoms with E-state index in [2.05, 4.69) is 206 Å². The largest absolute Gasteiger partial charge is 0.0754 e. The zero-order valence-corrected chi connectivity index (χ0v) is 30.8. The van der Waals surface area contributed by atoms with E-state index in [9.17, 15) is 0 Å². The Labute approximate surface area is 327 Å². The van der Waals surface area contributed by atoms with Gasteiger partial charge in [0.15, 0.2) is 0 Å². The van der Waals surface area contributed by atoms with E-state index in [1.807, 2.05) is 0 Å². The van der Waals surface area contributed by atoms with Gasteiger partial charge in [0.25, 0.3) is 0 Å². The lowest BCUT2D eigenvalue weighted by Gasteiger charge is -2.39. The summed E-state index contributed by atoms with van der Waals surface area (Å²) in [6.07, 6.45) is 14.2. The molecule has 56 heavy (non-hydrogen) atoms. The van der Waals surface area contributed by atoms with E-state index < -0.39 is 0 Å². The van der Waals surface area contributed by atoms with Gasteiger partial charge in [-0.3, -0.25) is 0 Å². The third-order valence-electron chi connectivity index (χ3n) is 12.7. The molecule has 0 heterocycles. The maximum Gasteiger partial charge on any atom is 0.0205 e. The van der Waals surface area contributed by atoms with E-state index in [0.29, 0.717) is 11.8 Å². The topological polar surface area (TPSA) is 0 Å². The second-order valence-corrected chi connectivity index (χ2v) is 15.5. The standard InChI is InChI=1S/C56H36/c1-3-7-37(8-4-1)45-27-19-41-25-33-51-47(29-21-43-23-31-49(45)53(41)55(43)51)39-15-11-35(12-16-39)36-13-17-40(18-14-36)48-30-22-44-24-32-50-46(38-9-5-2-6-10-38)28-20-42-26-34-52(48)56(44)54(42)50/h1-34,51,55H. The van der Waals surface area contributed by atoms with Gasteiger partial charge >= 0.3 is 0 Å². The van der Waals surface area contributed by atoms with Gasteiger partial charge in [-0.15, -0.1) is 0 Å². The number of allylic oxidation sites excluding steroid dienone is 6. The minimum atomic E-state index is 0.303. The predicted octanol–water partition coefficient (Wildman–Crippen LogP) is 15.0.